The molecule has 2 aromatic rings. The highest BCUT2D eigenvalue weighted by molar-refractivity contribution is 7.16. The molecule has 2 heterocycles. The van der Waals surface area contributed by atoms with Crippen molar-refractivity contribution in [2.75, 3.05) is 12.3 Å². The van der Waals surface area contributed by atoms with Crippen LogP contribution in [-0.2, 0) is 17.6 Å². The first-order valence-corrected chi connectivity index (χ1v) is 8.41. The van der Waals surface area contributed by atoms with Crippen molar-refractivity contribution >= 4 is 16.3 Å². The molecule has 1 atom stereocenters. The smallest absolute Gasteiger partial charge is 0.261 e. The molecule has 0 aromatic carbocycles. The largest absolute Gasteiger partial charge is 0.390 e. The number of aromatic nitrogens is 2. The Bertz CT molecular complexity index is 620. The summed E-state index contributed by atoms with van der Waals surface area (Å²) < 4.78 is 11.1. The van der Waals surface area contributed by atoms with Gasteiger partial charge in [-0.15, -0.1) is 11.3 Å². The molecule has 21 heavy (non-hydrogen) atoms. The SMILES string of the molecule is CCOC(CC)c1noc(-c2c(N)sc3c2CCCC3)n1. The van der Waals surface area contributed by atoms with Crippen molar-refractivity contribution < 1.29 is 9.26 Å². The van der Waals surface area contributed by atoms with Crippen LogP contribution in [0.3, 0.4) is 0 Å². The van der Waals surface area contributed by atoms with E-state index in [0.717, 1.165) is 29.8 Å². The number of thiophene rings is 1. The molecule has 2 aromatic heterocycles. The van der Waals surface area contributed by atoms with E-state index in [4.69, 9.17) is 15.0 Å². The van der Waals surface area contributed by atoms with Gasteiger partial charge in [-0.2, -0.15) is 4.98 Å². The molecule has 0 spiro atoms. The molecule has 0 saturated carbocycles. The van der Waals surface area contributed by atoms with Gasteiger partial charge in [0.05, 0.1) is 10.6 Å². The van der Waals surface area contributed by atoms with Crippen LogP contribution < -0.4 is 5.73 Å². The van der Waals surface area contributed by atoms with Crippen molar-refractivity contribution in [3.05, 3.63) is 16.3 Å². The minimum Gasteiger partial charge on any atom is -0.390 e. The highest BCUT2D eigenvalue weighted by Gasteiger charge is 2.25. The lowest BCUT2D eigenvalue weighted by Crippen LogP contribution is -2.05. The molecule has 0 fully saturated rings. The molecule has 3 rings (SSSR count). The maximum Gasteiger partial charge on any atom is 0.261 e. The zero-order valence-corrected chi connectivity index (χ0v) is 13.3. The summed E-state index contributed by atoms with van der Waals surface area (Å²) in [6, 6.07) is 0. The molecular formula is C15H21N3O2S. The molecule has 1 unspecified atom stereocenters. The Morgan fingerprint density at radius 1 is 1.33 bits per heavy atom. The van der Waals surface area contributed by atoms with E-state index in [2.05, 4.69) is 17.1 Å². The van der Waals surface area contributed by atoms with Crippen LogP contribution in [0.2, 0.25) is 0 Å². The van der Waals surface area contributed by atoms with Crippen LogP contribution in [0.25, 0.3) is 11.5 Å². The fourth-order valence-electron chi connectivity index (χ4n) is 2.86. The van der Waals surface area contributed by atoms with E-state index in [-0.39, 0.29) is 6.10 Å². The van der Waals surface area contributed by atoms with Crippen LogP contribution in [0.1, 0.15) is 55.5 Å². The number of nitrogens with two attached hydrogens (primary N) is 1. The van der Waals surface area contributed by atoms with Crippen molar-refractivity contribution in [1.82, 2.24) is 10.1 Å². The molecule has 0 aliphatic heterocycles. The molecule has 1 aliphatic carbocycles. The Labute approximate surface area is 128 Å². The first-order chi connectivity index (χ1) is 10.2. The van der Waals surface area contributed by atoms with Crippen LogP contribution >= 0.6 is 11.3 Å². The molecule has 0 saturated heterocycles. The number of anilines is 1. The van der Waals surface area contributed by atoms with E-state index in [1.807, 2.05) is 6.92 Å². The molecular weight excluding hydrogens is 286 g/mol. The molecule has 1 aliphatic rings. The van der Waals surface area contributed by atoms with Gasteiger partial charge in [-0.1, -0.05) is 12.1 Å². The number of ether oxygens (including phenoxy) is 1. The van der Waals surface area contributed by atoms with Crippen molar-refractivity contribution in [1.29, 1.82) is 0 Å². The van der Waals surface area contributed by atoms with E-state index in [9.17, 15) is 0 Å². The van der Waals surface area contributed by atoms with Gasteiger partial charge in [0.15, 0.2) is 0 Å². The summed E-state index contributed by atoms with van der Waals surface area (Å²) in [4.78, 5) is 5.92. The number of rotatable bonds is 5. The third kappa shape index (κ3) is 2.70. The van der Waals surface area contributed by atoms with Crippen molar-refractivity contribution in [2.24, 2.45) is 0 Å². The predicted octanol–water partition coefficient (Wildman–Crippen LogP) is 3.75. The van der Waals surface area contributed by atoms with E-state index in [1.165, 1.54) is 23.3 Å². The van der Waals surface area contributed by atoms with E-state index in [1.54, 1.807) is 11.3 Å². The third-order valence-corrected chi connectivity index (χ3v) is 5.00. The Morgan fingerprint density at radius 3 is 2.90 bits per heavy atom. The molecule has 0 amide bonds. The number of hydrogen-bond donors (Lipinski definition) is 1. The van der Waals surface area contributed by atoms with Gasteiger partial charge in [-0.05, 0) is 44.6 Å². The molecule has 114 valence electrons. The average molecular weight is 307 g/mol. The maximum absolute atomic E-state index is 6.19. The van der Waals surface area contributed by atoms with Crippen molar-refractivity contribution in [2.45, 2.75) is 52.1 Å². The average Bonchev–Trinajstić information content (AvgIpc) is 3.07. The van der Waals surface area contributed by atoms with E-state index >= 15 is 0 Å². The van der Waals surface area contributed by atoms with Gasteiger partial charge < -0.3 is 15.0 Å². The van der Waals surface area contributed by atoms with Crippen molar-refractivity contribution in [3.63, 3.8) is 0 Å². The van der Waals surface area contributed by atoms with Gasteiger partial charge in [0.2, 0.25) is 5.82 Å². The van der Waals surface area contributed by atoms with E-state index < -0.39 is 0 Å². The monoisotopic (exact) mass is 307 g/mol. The second kappa shape index (κ2) is 6.15. The summed E-state index contributed by atoms with van der Waals surface area (Å²) >= 11 is 1.66. The highest BCUT2D eigenvalue weighted by atomic mass is 32.1. The summed E-state index contributed by atoms with van der Waals surface area (Å²) in [7, 11) is 0. The zero-order chi connectivity index (χ0) is 14.8. The summed E-state index contributed by atoms with van der Waals surface area (Å²) in [5, 5.41) is 4.88. The Balaban J connectivity index is 1.95. The maximum atomic E-state index is 6.19. The quantitative estimate of drug-likeness (QED) is 0.910. The zero-order valence-electron chi connectivity index (χ0n) is 12.5. The van der Waals surface area contributed by atoms with Gasteiger partial charge >= 0.3 is 0 Å². The molecule has 0 bridgehead atoms. The van der Waals surface area contributed by atoms with Crippen LogP contribution in [0.4, 0.5) is 5.00 Å². The fraction of sp³-hybridized carbons (Fsp3) is 0.600. The van der Waals surface area contributed by atoms with Gasteiger partial charge in [0, 0.05) is 11.5 Å². The number of nitrogens with zero attached hydrogens (tertiary/aromatic N) is 2. The van der Waals surface area contributed by atoms with Gasteiger partial charge in [-0.25, -0.2) is 0 Å². The lowest BCUT2D eigenvalue weighted by atomic mass is 9.95. The highest BCUT2D eigenvalue weighted by Crippen LogP contribution is 2.42. The number of nitrogen functional groups attached to an aromatic ring is 1. The van der Waals surface area contributed by atoms with Gasteiger partial charge in [-0.3, -0.25) is 0 Å². The second-order valence-electron chi connectivity index (χ2n) is 5.26. The molecule has 0 radical (unpaired) electrons. The third-order valence-electron chi connectivity index (χ3n) is 3.88. The lowest BCUT2D eigenvalue weighted by molar-refractivity contribution is 0.0518. The van der Waals surface area contributed by atoms with Crippen LogP contribution in [-0.4, -0.2) is 16.7 Å². The molecule has 6 heteroatoms. The molecule has 2 N–H and O–H groups in total. The normalized spacial score (nSPS) is 15.9. The van der Waals surface area contributed by atoms with Crippen LogP contribution in [0.15, 0.2) is 4.52 Å². The minimum atomic E-state index is -0.108. The van der Waals surface area contributed by atoms with Gasteiger partial charge in [0.1, 0.15) is 6.10 Å². The lowest BCUT2D eigenvalue weighted by Gasteiger charge is -2.11. The van der Waals surface area contributed by atoms with Crippen molar-refractivity contribution in [3.8, 4) is 11.5 Å². The van der Waals surface area contributed by atoms with Crippen LogP contribution in [0.5, 0.6) is 0 Å². The fourth-order valence-corrected chi connectivity index (χ4v) is 4.02. The summed E-state index contributed by atoms with van der Waals surface area (Å²) in [6.07, 6.45) is 5.32. The number of aryl methyl sites for hydroxylation is 1. The second-order valence-corrected chi connectivity index (χ2v) is 6.40. The first-order valence-electron chi connectivity index (χ1n) is 7.60. The Hall–Kier alpha value is -1.40. The van der Waals surface area contributed by atoms with E-state index in [0.29, 0.717) is 18.3 Å². The predicted molar refractivity (Wildman–Crippen MR) is 83.3 cm³/mol. The van der Waals surface area contributed by atoms with Gasteiger partial charge in [0.25, 0.3) is 5.89 Å². The summed E-state index contributed by atoms with van der Waals surface area (Å²) in [5.41, 5.74) is 8.46. The summed E-state index contributed by atoms with van der Waals surface area (Å²) in [6.45, 7) is 4.66. The Morgan fingerprint density at radius 2 is 2.14 bits per heavy atom. The number of hydrogen-bond acceptors (Lipinski definition) is 6. The van der Waals surface area contributed by atoms with Crippen LogP contribution in [0, 0.1) is 0 Å². The topological polar surface area (TPSA) is 74.2 Å². The standard InChI is InChI=1S/C15H21N3O2S/c1-3-10(19-4-2)14-17-15(20-18-14)12-9-7-5-6-8-11(9)21-13(12)16/h10H,3-8,16H2,1-2H3. The first kappa shape index (κ1) is 14.5. The number of fused-ring (bicyclic) bond motifs is 1. The molecule has 5 nitrogen and oxygen atoms in total. The summed E-state index contributed by atoms with van der Waals surface area (Å²) in [5.74, 6) is 1.16. The Kier molecular flexibility index (Phi) is 4.26. The minimum absolute atomic E-state index is 0.108.